The highest BCUT2D eigenvalue weighted by atomic mass is 16.5. The first kappa shape index (κ1) is 19.5. The molecule has 2 unspecified atom stereocenters. The Balaban J connectivity index is 1.32. The van der Waals surface area contributed by atoms with Crippen LogP contribution in [-0.2, 0) is 11.8 Å². The van der Waals surface area contributed by atoms with Crippen LogP contribution in [0.15, 0.2) is 41.2 Å². The van der Waals surface area contributed by atoms with Crippen molar-refractivity contribution in [1.82, 2.24) is 14.7 Å². The molecule has 34 heavy (non-hydrogen) atoms. The van der Waals surface area contributed by atoms with Gasteiger partial charge in [0.25, 0.3) is 5.56 Å². The highest BCUT2D eigenvalue weighted by molar-refractivity contribution is 5.77. The number of likely N-dealkylation sites (tertiary alicyclic amines) is 1. The molecule has 2 aromatic carbocycles. The Morgan fingerprint density at radius 2 is 1.97 bits per heavy atom. The number of phenols is 1. The van der Waals surface area contributed by atoms with E-state index in [1.807, 2.05) is 30.3 Å². The van der Waals surface area contributed by atoms with Crippen LogP contribution in [0.5, 0.6) is 11.5 Å². The normalized spacial score (nSPS) is 35.9. The van der Waals surface area contributed by atoms with Crippen LogP contribution in [0.1, 0.15) is 49.3 Å². The van der Waals surface area contributed by atoms with Crippen LogP contribution in [0.2, 0.25) is 0 Å². The van der Waals surface area contributed by atoms with Gasteiger partial charge in [0, 0.05) is 18.2 Å². The predicted molar refractivity (Wildman–Crippen MR) is 126 cm³/mol. The average Bonchev–Trinajstić information content (AvgIpc) is 3.49. The molecule has 0 radical (unpaired) electrons. The standard InChI is InChI=1S/C27H29N3O4/c31-20-8-7-16-13-21-27(33)10-9-19(30-25(32)17-3-1-2-4-18(17)28-30)24-26(27,22(16)23(20)34-24)11-12-29(21)14-15-5-6-15/h1-4,7-8,15,19,21,24,28,31,33H,5-6,9-14H2/t19?,21-,24?,26+,27-/m1/s1. The molecule has 1 aromatic heterocycles. The number of fused-ring (bicyclic) bond motifs is 1. The topological polar surface area (TPSA) is 90.7 Å². The third-order valence-corrected chi connectivity index (χ3v) is 9.68. The second-order valence-corrected chi connectivity index (χ2v) is 11.2. The molecular weight excluding hydrogens is 430 g/mol. The minimum atomic E-state index is -0.941. The van der Waals surface area contributed by atoms with Crippen LogP contribution >= 0.6 is 0 Å². The largest absolute Gasteiger partial charge is 0.504 e. The van der Waals surface area contributed by atoms with Crippen LogP contribution in [0, 0.1) is 5.92 Å². The molecule has 176 valence electrons. The van der Waals surface area contributed by atoms with E-state index in [-0.39, 0.29) is 23.4 Å². The van der Waals surface area contributed by atoms with Crippen molar-refractivity contribution in [1.29, 1.82) is 0 Å². The summed E-state index contributed by atoms with van der Waals surface area (Å²) in [6, 6.07) is 11.1. The highest BCUT2D eigenvalue weighted by Gasteiger charge is 2.73. The number of nitrogens with zero attached hydrogens (tertiary/aromatic N) is 2. The second kappa shape index (κ2) is 6.26. The summed E-state index contributed by atoms with van der Waals surface area (Å²) in [5, 5.41) is 27.4. The number of nitrogens with one attached hydrogen (secondary N) is 1. The maximum absolute atomic E-state index is 13.4. The molecule has 2 aliphatic heterocycles. The third kappa shape index (κ3) is 2.19. The molecule has 2 saturated carbocycles. The lowest BCUT2D eigenvalue weighted by Gasteiger charge is -2.64. The average molecular weight is 460 g/mol. The zero-order valence-corrected chi connectivity index (χ0v) is 19.0. The van der Waals surface area contributed by atoms with E-state index < -0.39 is 17.1 Å². The van der Waals surface area contributed by atoms with Crippen molar-refractivity contribution in [2.24, 2.45) is 5.92 Å². The van der Waals surface area contributed by atoms with Gasteiger partial charge in [-0.3, -0.25) is 14.8 Å². The number of rotatable bonds is 3. The van der Waals surface area contributed by atoms with Crippen LogP contribution in [0.3, 0.4) is 0 Å². The molecule has 8 rings (SSSR count). The second-order valence-electron chi connectivity index (χ2n) is 11.2. The number of aromatic hydroxyl groups is 1. The van der Waals surface area contributed by atoms with Gasteiger partial charge in [-0.05, 0) is 74.8 Å². The SMILES string of the molecule is O=c1c2ccccc2[nH]n1C1CC[C@@]2(O)[C@H]3Cc4ccc(O)c5c4[C@@]2(CCN3CC2CC2)C1O5. The fourth-order valence-corrected chi connectivity index (χ4v) is 8.03. The van der Waals surface area contributed by atoms with E-state index in [0.29, 0.717) is 24.0 Å². The Morgan fingerprint density at radius 3 is 2.79 bits per heavy atom. The number of aliphatic hydroxyl groups is 1. The van der Waals surface area contributed by atoms with E-state index in [0.717, 1.165) is 42.9 Å². The summed E-state index contributed by atoms with van der Waals surface area (Å²) in [6.45, 7) is 1.96. The lowest BCUT2D eigenvalue weighted by atomic mass is 9.48. The Hall–Kier alpha value is -2.77. The van der Waals surface area contributed by atoms with Gasteiger partial charge in [0.05, 0.1) is 28.0 Å². The molecule has 1 spiro atoms. The fourth-order valence-electron chi connectivity index (χ4n) is 8.03. The van der Waals surface area contributed by atoms with E-state index in [9.17, 15) is 15.0 Å². The molecule has 3 aromatic rings. The van der Waals surface area contributed by atoms with Crippen molar-refractivity contribution in [2.45, 2.75) is 67.7 Å². The molecule has 3 aliphatic carbocycles. The van der Waals surface area contributed by atoms with E-state index in [4.69, 9.17) is 4.74 Å². The molecule has 0 amide bonds. The van der Waals surface area contributed by atoms with E-state index >= 15 is 0 Å². The van der Waals surface area contributed by atoms with Gasteiger partial charge in [-0.15, -0.1) is 0 Å². The van der Waals surface area contributed by atoms with Gasteiger partial charge in [-0.25, -0.2) is 4.68 Å². The van der Waals surface area contributed by atoms with Gasteiger partial charge in [0.1, 0.15) is 6.10 Å². The Bertz CT molecular complexity index is 1410. The Labute approximate surface area is 196 Å². The Morgan fingerprint density at radius 1 is 1.12 bits per heavy atom. The first-order chi connectivity index (χ1) is 16.5. The Kier molecular flexibility index (Phi) is 3.60. The molecule has 3 fully saturated rings. The van der Waals surface area contributed by atoms with Crippen molar-refractivity contribution in [3.05, 3.63) is 57.9 Å². The number of hydrogen-bond acceptors (Lipinski definition) is 5. The van der Waals surface area contributed by atoms with Gasteiger partial charge >= 0.3 is 0 Å². The number of hydrogen-bond donors (Lipinski definition) is 3. The summed E-state index contributed by atoms with van der Waals surface area (Å²) in [7, 11) is 0. The van der Waals surface area contributed by atoms with Crippen LogP contribution in [-0.4, -0.2) is 55.7 Å². The van der Waals surface area contributed by atoms with E-state index in [2.05, 4.69) is 10.00 Å². The minimum absolute atomic E-state index is 0.0383. The fraction of sp³-hybridized carbons (Fsp3) is 0.519. The van der Waals surface area contributed by atoms with Crippen LogP contribution < -0.4 is 10.3 Å². The summed E-state index contributed by atoms with van der Waals surface area (Å²) in [5.74, 6) is 1.41. The first-order valence-corrected chi connectivity index (χ1v) is 12.7. The molecule has 3 N–H and O–H groups in total. The zero-order chi connectivity index (χ0) is 22.8. The molecule has 5 aliphatic rings. The first-order valence-electron chi connectivity index (χ1n) is 12.7. The number of phenolic OH excluding ortho intramolecular Hbond substituents is 1. The van der Waals surface area contributed by atoms with Crippen LogP contribution in [0.25, 0.3) is 10.9 Å². The number of benzene rings is 2. The van der Waals surface area contributed by atoms with E-state index in [1.165, 1.54) is 18.4 Å². The zero-order valence-electron chi connectivity index (χ0n) is 19.0. The molecule has 5 atom stereocenters. The van der Waals surface area contributed by atoms with Gasteiger partial charge in [0.2, 0.25) is 0 Å². The van der Waals surface area contributed by atoms with Gasteiger partial charge in [-0.2, -0.15) is 0 Å². The number of para-hydroxylation sites is 1. The molecular formula is C27H29N3O4. The number of aromatic amines is 1. The van der Waals surface area contributed by atoms with Crippen molar-refractivity contribution in [3.8, 4) is 11.5 Å². The summed E-state index contributed by atoms with van der Waals surface area (Å²) in [6.07, 6.45) is 4.97. The quantitative estimate of drug-likeness (QED) is 0.560. The monoisotopic (exact) mass is 459 g/mol. The van der Waals surface area contributed by atoms with Crippen molar-refractivity contribution in [2.75, 3.05) is 13.1 Å². The van der Waals surface area contributed by atoms with Crippen molar-refractivity contribution < 1.29 is 14.9 Å². The number of H-pyrrole nitrogens is 1. The summed E-state index contributed by atoms with van der Waals surface area (Å²) >= 11 is 0. The molecule has 3 heterocycles. The lowest BCUT2D eigenvalue weighted by molar-refractivity contribution is -0.196. The lowest BCUT2D eigenvalue weighted by Crippen LogP contribution is -2.76. The van der Waals surface area contributed by atoms with Crippen molar-refractivity contribution in [3.63, 3.8) is 0 Å². The van der Waals surface area contributed by atoms with Gasteiger partial charge in [-0.1, -0.05) is 18.2 Å². The highest BCUT2D eigenvalue weighted by Crippen LogP contribution is 2.67. The molecule has 2 bridgehead atoms. The molecule has 7 heteroatoms. The number of ether oxygens (including phenoxy) is 1. The molecule has 1 saturated heterocycles. The van der Waals surface area contributed by atoms with Gasteiger partial charge in [0.15, 0.2) is 11.5 Å². The maximum Gasteiger partial charge on any atom is 0.274 e. The number of aromatic nitrogens is 2. The smallest absolute Gasteiger partial charge is 0.274 e. The predicted octanol–water partition coefficient (Wildman–Crippen LogP) is 2.84. The van der Waals surface area contributed by atoms with E-state index in [1.54, 1.807) is 10.7 Å². The minimum Gasteiger partial charge on any atom is -0.504 e. The number of piperidine rings is 1. The van der Waals surface area contributed by atoms with Crippen molar-refractivity contribution >= 4 is 10.9 Å². The summed E-state index contributed by atoms with van der Waals surface area (Å²) in [4.78, 5) is 15.9. The molecule has 7 nitrogen and oxygen atoms in total. The summed E-state index contributed by atoms with van der Waals surface area (Å²) < 4.78 is 8.34. The van der Waals surface area contributed by atoms with Crippen LogP contribution in [0.4, 0.5) is 0 Å². The third-order valence-electron chi connectivity index (χ3n) is 9.68. The maximum atomic E-state index is 13.4. The summed E-state index contributed by atoms with van der Waals surface area (Å²) in [5.41, 5.74) is 1.36. The van der Waals surface area contributed by atoms with Gasteiger partial charge < -0.3 is 14.9 Å².